The van der Waals surface area contributed by atoms with E-state index < -0.39 is 10.0 Å². The maximum absolute atomic E-state index is 12.0. The van der Waals surface area contributed by atoms with Gasteiger partial charge in [-0.1, -0.05) is 0 Å². The number of sulfonamides is 1. The van der Waals surface area contributed by atoms with Gasteiger partial charge in [0.05, 0.1) is 23.9 Å². The van der Waals surface area contributed by atoms with Crippen molar-refractivity contribution in [3.05, 3.63) is 29.0 Å². The summed E-state index contributed by atoms with van der Waals surface area (Å²) in [5.74, 6) is 0. The number of hydrogen-bond acceptors (Lipinski definition) is 5. The molecule has 86 valence electrons. The van der Waals surface area contributed by atoms with Crippen LogP contribution in [0.25, 0.3) is 0 Å². The van der Waals surface area contributed by atoms with Gasteiger partial charge in [0.1, 0.15) is 4.90 Å². The lowest BCUT2D eigenvalue weighted by Gasteiger charge is -2.14. The van der Waals surface area contributed by atoms with Gasteiger partial charge in [0.25, 0.3) is 0 Å². The molecule has 0 spiro atoms. The van der Waals surface area contributed by atoms with E-state index in [2.05, 4.69) is 15.2 Å². The third kappa shape index (κ3) is 2.13. The van der Waals surface area contributed by atoms with Crippen molar-refractivity contribution in [1.82, 2.24) is 19.5 Å². The molecule has 2 heterocycles. The minimum Gasteiger partial charge on any atom is -0.284 e. The van der Waals surface area contributed by atoms with E-state index in [-0.39, 0.29) is 11.4 Å². The fourth-order valence-corrected chi connectivity index (χ4v) is 2.79. The van der Waals surface area contributed by atoms with Crippen molar-refractivity contribution in [3.8, 4) is 0 Å². The highest BCUT2D eigenvalue weighted by molar-refractivity contribution is 7.89. The van der Waals surface area contributed by atoms with Crippen molar-refractivity contribution < 1.29 is 8.42 Å². The van der Waals surface area contributed by atoms with E-state index in [1.54, 1.807) is 5.51 Å². The van der Waals surface area contributed by atoms with Crippen LogP contribution in [0.5, 0.6) is 0 Å². The van der Waals surface area contributed by atoms with Crippen LogP contribution in [0.15, 0.2) is 28.2 Å². The van der Waals surface area contributed by atoms with Gasteiger partial charge < -0.3 is 0 Å². The summed E-state index contributed by atoms with van der Waals surface area (Å²) in [5, 5.41) is 7.92. The van der Waals surface area contributed by atoms with Crippen molar-refractivity contribution in [2.24, 2.45) is 0 Å². The van der Waals surface area contributed by atoms with Crippen molar-refractivity contribution in [1.29, 1.82) is 0 Å². The second kappa shape index (κ2) is 4.32. The molecule has 6 nitrogen and oxygen atoms in total. The van der Waals surface area contributed by atoms with Crippen molar-refractivity contribution in [2.75, 3.05) is 7.05 Å². The third-order valence-corrected chi connectivity index (χ3v) is 4.45. The predicted molar refractivity (Wildman–Crippen MR) is 59.4 cm³/mol. The Kier molecular flexibility index (Phi) is 3.03. The number of hydrogen-bond donors (Lipinski definition) is 1. The molecule has 8 heteroatoms. The fourth-order valence-electron chi connectivity index (χ4n) is 1.19. The van der Waals surface area contributed by atoms with Gasteiger partial charge >= 0.3 is 0 Å². The molecule has 0 fully saturated rings. The van der Waals surface area contributed by atoms with Crippen molar-refractivity contribution in [3.63, 3.8) is 0 Å². The average molecular weight is 258 g/mol. The zero-order valence-corrected chi connectivity index (χ0v) is 10.1. The van der Waals surface area contributed by atoms with Gasteiger partial charge in [-0.25, -0.2) is 13.4 Å². The first-order chi connectivity index (χ1) is 7.60. The molecule has 0 aliphatic carbocycles. The summed E-state index contributed by atoms with van der Waals surface area (Å²) in [6.45, 7) is 0.261. The molecule has 2 rings (SSSR count). The highest BCUT2D eigenvalue weighted by atomic mass is 32.2. The van der Waals surface area contributed by atoms with Crippen LogP contribution in [-0.2, 0) is 16.6 Å². The van der Waals surface area contributed by atoms with E-state index in [0.717, 1.165) is 5.69 Å². The Hall–Kier alpha value is -1.25. The summed E-state index contributed by atoms with van der Waals surface area (Å²) < 4.78 is 25.2. The van der Waals surface area contributed by atoms with Gasteiger partial charge in [0.15, 0.2) is 0 Å². The minimum absolute atomic E-state index is 0.158. The molecule has 0 radical (unpaired) electrons. The van der Waals surface area contributed by atoms with Crippen LogP contribution in [0, 0.1) is 0 Å². The average Bonchev–Trinajstić information content (AvgIpc) is 2.89. The van der Waals surface area contributed by atoms with Crippen molar-refractivity contribution in [2.45, 2.75) is 11.4 Å². The Morgan fingerprint density at radius 1 is 1.56 bits per heavy atom. The highest BCUT2D eigenvalue weighted by Gasteiger charge is 2.22. The van der Waals surface area contributed by atoms with E-state index in [1.165, 1.54) is 35.1 Å². The van der Waals surface area contributed by atoms with Crippen LogP contribution in [0.2, 0.25) is 0 Å². The molecule has 0 unspecified atom stereocenters. The largest absolute Gasteiger partial charge is 0.284 e. The third-order valence-electron chi connectivity index (χ3n) is 2.05. The van der Waals surface area contributed by atoms with E-state index >= 15 is 0 Å². The second-order valence-corrected chi connectivity index (χ2v) is 5.94. The molecular formula is C8H10N4O2S2. The molecule has 0 aliphatic heterocycles. The lowest BCUT2D eigenvalue weighted by molar-refractivity contribution is 0.463. The molecule has 2 aromatic rings. The van der Waals surface area contributed by atoms with Crippen LogP contribution in [0.1, 0.15) is 5.69 Å². The normalized spacial score (nSPS) is 12.1. The summed E-state index contributed by atoms with van der Waals surface area (Å²) in [7, 11) is -1.95. The summed E-state index contributed by atoms with van der Waals surface area (Å²) in [6, 6.07) is 0. The zero-order chi connectivity index (χ0) is 11.6. The SMILES string of the molecule is CN(Cc1cscn1)S(=O)(=O)c1cn[nH]c1. The standard InChI is InChI=1S/C8H10N4O2S2/c1-12(4-7-5-15-6-9-7)16(13,14)8-2-10-11-3-8/h2-3,5-6H,4H2,1H3,(H,10,11). The minimum atomic E-state index is -3.47. The lowest BCUT2D eigenvalue weighted by Crippen LogP contribution is -2.26. The number of aromatic nitrogens is 3. The van der Waals surface area contributed by atoms with Gasteiger partial charge in [0.2, 0.25) is 10.0 Å². The summed E-state index contributed by atoms with van der Waals surface area (Å²) >= 11 is 1.44. The summed E-state index contributed by atoms with van der Waals surface area (Å²) in [5.41, 5.74) is 2.41. The van der Waals surface area contributed by atoms with Gasteiger partial charge in [-0.05, 0) is 0 Å². The molecule has 0 bridgehead atoms. The molecule has 2 aromatic heterocycles. The molecule has 0 saturated carbocycles. The highest BCUT2D eigenvalue weighted by Crippen LogP contribution is 2.14. The number of H-pyrrole nitrogens is 1. The van der Waals surface area contributed by atoms with Crippen LogP contribution < -0.4 is 0 Å². The van der Waals surface area contributed by atoms with E-state index in [4.69, 9.17) is 0 Å². The lowest BCUT2D eigenvalue weighted by atomic mass is 10.5. The van der Waals surface area contributed by atoms with Crippen LogP contribution in [-0.4, -0.2) is 35.0 Å². The topological polar surface area (TPSA) is 79.0 Å². The molecule has 0 aromatic carbocycles. The summed E-state index contributed by atoms with van der Waals surface area (Å²) in [4.78, 5) is 4.20. The molecular weight excluding hydrogens is 248 g/mol. The monoisotopic (exact) mass is 258 g/mol. The van der Waals surface area contributed by atoms with Crippen LogP contribution >= 0.6 is 11.3 Å². The number of thiazole rings is 1. The fraction of sp³-hybridized carbons (Fsp3) is 0.250. The second-order valence-electron chi connectivity index (χ2n) is 3.17. The molecule has 0 amide bonds. The quantitative estimate of drug-likeness (QED) is 0.875. The number of nitrogens with one attached hydrogen (secondary N) is 1. The first-order valence-corrected chi connectivity index (χ1v) is 6.81. The first-order valence-electron chi connectivity index (χ1n) is 4.43. The Morgan fingerprint density at radius 3 is 2.94 bits per heavy atom. The zero-order valence-electron chi connectivity index (χ0n) is 8.49. The van der Waals surface area contributed by atoms with Crippen LogP contribution in [0.3, 0.4) is 0 Å². The molecule has 16 heavy (non-hydrogen) atoms. The molecule has 0 saturated heterocycles. The number of aromatic amines is 1. The van der Waals surface area contributed by atoms with Gasteiger partial charge in [0, 0.05) is 18.6 Å². The van der Waals surface area contributed by atoms with Crippen molar-refractivity contribution >= 4 is 21.4 Å². The number of nitrogens with zero attached hydrogens (tertiary/aromatic N) is 3. The molecule has 0 atom stereocenters. The van der Waals surface area contributed by atoms with Gasteiger partial charge in [-0.15, -0.1) is 11.3 Å². The van der Waals surface area contributed by atoms with Gasteiger partial charge in [-0.3, -0.25) is 5.10 Å². The smallest absolute Gasteiger partial charge is 0.246 e. The predicted octanol–water partition coefficient (Wildman–Crippen LogP) is 0.687. The van der Waals surface area contributed by atoms with Crippen LogP contribution in [0.4, 0.5) is 0 Å². The Labute approximate surface area is 97.0 Å². The van der Waals surface area contributed by atoms with E-state index in [1.807, 2.05) is 5.38 Å². The Morgan fingerprint density at radius 2 is 2.38 bits per heavy atom. The number of rotatable bonds is 4. The van der Waals surface area contributed by atoms with E-state index in [9.17, 15) is 8.42 Å². The maximum Gasteiger partial charge on any atom is 0.246 e. The first kappa shape index (κ1) is 11.2. The summed E-state index contributed by atoms with van der Waals surface area (Å²) in [6.07, 6.45) is 2.64. The molecule has 0 aliphatic rings. The van der Waals surface area contributed by atoms with E-state index in [0.29, 0.717) is 0 Å². The molecule has 1 N–H and O–H groups in total. The Bertz CT molecular complexity index is 533. The Balaban J connectivity index is 2.19. The maximum atomic E-state index is 12.0. The van der Waals surface area contributed by atoms with Gasteiger partial charge in [-0.2, -0.15) is 9.40 Å².